The van der Waals surface area contributed by atoms with Gasteiger partial charge in [-0.05, 0) is 69.2 Å². The number of hydrogen-bond acceptors (Lipinski definition) is 5. The second-order valence-electron chi connectivity index (χ2n) is 8.06. The minimum Gasteiger partial charge on any atom is -0.391 e. The van der Waals surface area contributed by atoms with Crippen LogP contribution < -0.4 is 10.2 Å². The Labute approximate surface area is 170 Å². The largest absolute Gasteiger partial charge is 0.391 e. The first-order valence-corrected chi connectivity index (χ1v) is 10.4. The molecule has 2 aromatic rings. The molecule has 4 rings (SSSR count). The van der Waals surface area contributed by atoms with Gasteiger partial charge in [0.05, 0.1) is 18.3 Å². The molecule has 1 aromatic heterocycles. The van der Waals surface area contributed by atoms with Crippen molar-refractivity contribution in [2.75, 3.05) is 18.0 Å². The Morgan fingerprint density at radius 2 is 1.90 bits per heavy atom. The molecular formula is C22H27FN4O2. The Morgan fingerprint density at radius 1 is 1.21 bits per heavy atom. The van der Waals surface area contributed by atoms with Crippen LogP contribution in [-0.2, 0) is 0 Å². The maximum absolute atomic E-state index is 13.4. The lowest BCUT2D eigenvalue weighted by Gasteiger charge is -2.29. The van der Waals surface area contributed by atoms with Crippen LogP contribution in [0.1, 0.15) is 49.5 Å². The molecule has 0 radical (unpaired) electrons. The summed E-state index contributed by atoms with van der Waals surface area (Å²) in [6, 6.07) is 5.83. The van der Waals surface area contributed by atoms with Gasteiger partial charge in [-0.1, -0.05) is 0 Å². The molecule has 1 aromatic carbocycles. The van der Waals surface area contributed by atoms with E-state index in [1.807, 2.05) is 0 Å². The van der Waals surface area contributed by atoms with E-state index in [0.717, 1.165) is 50.2 Å². The first kappa shape index (κ1) is 19.8. The summed E-state index contributed by atoms with van der Waals surface area (Å²) in [6.07, 6.45) is 6.26. The number of hydrogen-bond donors (Lipinski definition) is 2. The highest BCUT2D eigenvalue weighted by molar-refractivity contribution is 5.93. The van der Waals surface area contributed by atoms with Crippen LogP contribution in [0.4, 0.5) is 10.2 Å². The minimum absolute atomic E-state index is 0.205. The highest BCUT2D eigenvalue weighted by Gasteiger charge is 2.35. The van der Waals surface area contributed by atoms with Crippen molar-refractivity contribution in [1.29, 1.82) is 0 Å². The minimum atomic E-state index is -0.622. The summed E-state index contributed by atoms with van der Waals surface area (Å²) < 4.78 is 13.4. The van der Waals surface area contributed by atoms with Crippen molar-refractivity contribution in [2.24, 2.45) is 5.92 Å². The molecule has 2 aliphatic rings. The van der Waals surface area contributed by atoms with Gasteiger partial charge in [-0.3, -0.25) is 4.79 Å². The monoisotopic (exact) mass is 398 g/mol. The zero-order valence-corrected chi connectivity index (χ0v) is 16.6. The molecular weight excluding hydrogens is 371 g/mol. The highest BCUT2D eigenvalue weighted by atomic mass is 19.1. The highest BCUT2D eigenvalue weighted by Crippen LogP contribution is 2.34. The van der Waals surface area contributed by atoms with Crippen LogP contribution in [0.5, 0.6) is 0 Å². The second-order valence-corrected chi connectivity index (χ2v) is 8.06. The molecule has 0 bridgehead atoms. The van der Waals surface area contributed by atoms with Crippen LogP contribution in [0, 0.1) is 11.7 Å². The fourth-order valence-electron chi connectivity index (χ4n) is 3.94. The van der Waals surface area contributed by atoms with E-state index < -0.39 is 6.10 Å². The second kappa shape index (κ2) is 8.45. The SMILES string of the molecule is CC(O)[C@H](NC(=O)c1cnc(N2CCCCC2)c(-c2ccc(F)cc2)n1)C1CC1. The number of rotatable bonds is 6. The van der Waals surface area contributed by atoms with Crippen molar-refractivity contribution < 1.29 is 14.3 Å². The number of aliphatic hydroxyl groups is 1. The topological polar surface area (TPSA) is 78.3 Å². The number of carbonyl (C=O) groups is 1. The van der Waals surface area contributed by atoms with E-state index in [1.54, 1.807) is 19.1 Å². The number of anilines is 1. The van der Waals surface area contributed by atoms with Gasteiger partial charge < -0.3 is 15.3 Å². The predicted octanol–water partition coefficient (Wildman–Crippen LogP) is 3.16. The quantitative estimate of drug-likeness (QED) is 0.782. The lowest BCUT2D eigenvalue weighted by molar-refractivity contribution is 0.0831. The van der Waals surface area contributed by atoms with Gasteiger partial charge in [-0.25, -0.2) is 14.4 Å². The maximum Gasteiger partial charge on any atom is 0.271 e. The van der Waals surface area contributed by atoms with Crippen LogP contribution in [0.25, 0.3) is 11.3 Å². The van der Waals surface area contributed by atoms with Crippen molar-refractivity contribution in [3.05, 3.63) is 42.0 Å². The summed E-state index contributed by atoms with van der Waals surface area (Å²) in [5, 5.41) is 12.9. The lowest BCUT2D eigenvalue weighted by atomic mass is 10.1. The summed E-state index contributed by atoms with van der Waals surface area (Å²) in [6.45, 7) is 3.47. The molecule has 2 fully saturated rings. The Bertz CT molecular complexity index is 860. The van der Waals surface area contributed by atoms with Crippen molar-refractivity contribution >= 4 is 11.7 Å². The van der Waals surface area contributed by atoms with Gasteiger partial charge in [-0.2, -0.15) is 0 Å². The zero-order chi connectivity index (χ0) is 20.4. The van der Waals surface area contributed by atoms with E-state index >= 15 is 0 Å². The van der Waals surface area contributed by atoms with E-state index in [4.69, 9.17) is 0 Å². The van der Waals surface area contributed by atoms with Crippen molar-refractivity contribution in [3.63, 3.8) is 0 Å². The number of carbonyl (C=O) groups excluding carboxylic acids is 1. The molecule has 29 heavy (non-hydrogen) atoms. The molecule has 1 unspecified atom stereocenters. The molecule has 2 heterocycles. The number of aliphatic hydroxyl groups excluding tert-OH is 1. The maximum atomic E-state index is 13.4. The fraction of sp³-hybridized carbons (Fsp3) is 0.500. The first-order valence-electron chi connectivity index (χ1n) is 10.4. The molecule has 1 aliphatic carbocycles. The molecule has 1 saturated heterocycles. The predicted molar refractivity (Wildman–Crippen MR) is 109 cm³/mol. The standard InChI is InChI=1S/C22H27FN4O2/c1-14(28)19(15-5-6-15)26-22(29)18-13-24-21(27-11-3-2-4-12-27)20(25-18)16-7-9-17(23)10-8-16/h7-10,13-15,19,28H,2-6,11-12H2,1H3,(H,26,29)/t14?,19-/m0/s1. The number of aromatic nitrogens is 2. The summed E-state index contributed by atoms with van der Waals surface area (Å²) in [7, 11) is 0. The number of piperidine rings is 1. The van der Waals surface area contributed by atoms with Crippen LogP contribution >= 0.6 is 0 Å². The first-order chi connectivity index (χ1) is 14.0. The molecule has 7 heteroatoms. The number of nitrogens with one attached hydrogen (secondary N) is 1. The van der Waals surface area contributed by atoms with E-state index in [1.165, 1.54) is 24.8 Å². The molecule has 6 nitrogen and oxygen atoms in total. The number of halogens is 1. The van der Waals surface area contributed by atoms with Gasteiger partial charge in [0, 0.05) is 18.7 Å². The van der Waals surface area contributed by atoms with E-state index in [9.17, 15) is 14.3 Å². The van der Waals surface area contributed by atoms with Gasteiger partial charge >= 0.3 is 0 Å². The van der Waals surface area contributed by atoms with E-state index in [2.05, 4.69) is 20.2 Å². The molecule has 154 valence electrons. The van der Waals surface area contributed by atoms with E-state index in [0.29, 0.717) is 11.6 Å². The van der Waals surface area contributed by atoms with Gasteiger partial charge in [0.1, 0.15) is 17.2 Å². The Morgan fingerprint density at radius 3 is 2.52 bits per heavy atom. The summed E-state index contributed by atoms with van der Waals surface area (Å²) in [4.78, 5) is 24.2. The van der Waals surface area contributed by atoms with Crippen molar-refractivity contribution in [1.82, 2.24) is 15.3 Å². The third-order valence-corrected chi connectivity index (χ3v) is 5.71. The Balaban J connectivity index is 1.65. The smallest absolute Gasteiger partial charge is 0.271 e. The molecule has 1 amide bonds. The number of benzene rings is 1. The molecule has 2 atom stereocenters. The third-order valence-electron chi connectivity index (χ3n) is 5.71. The molecule has 1 aliphatic heterocycles. The Hall–Kier alpha value is -2.54. The van der Waals surface area contributed by atoms with Gasteiger partial charge in [0.25, 0.3) is 5.91 Å². The van der Waals surface area contributed by atoms with Gasteiger partial charge in [0.15, 0.2) is 5.82 Å². The summed E-state index contributed by atoms with van der Waals surface area (Å²) >= 11 is 0. The summed E-state index contributed by atoms with van der Waals surface area (Å²) in [5.74, 6) is 0.376. The average Bonchev–Trinajstić information content (AvgIpc) is 3.57. The van der Waals surface area contributed by atoms with Gasteiger partial charge in [0.2, 0.25) is 0 Å². The van der Waals surface area contributed by atoms with Crippen molar-refractivity contribution in [3.8, 4) is 11.3 Å². The zero-order valence-electron chi connectivity index (χ0n) is 16.6. The van der Waals surface area contributed by atoms with Crippen LogP contribution in [-0.4, -0.2) is 46.2 Å². The Kier molecular flexibility index (Phi) is 5.76. The summed E-state index contributed by atoms with van der Waals surface area (Å²) in [5.41, 5.74) is 1.51. The van der Waals surface area contributed by atoms with Crippen molar-refractivity contribution in [2.45, 2.75) is 51.2 Å². The van der Waals surface area contributed by atoms with Crippen LogP contribution in [0.15, 0.2) is 30.5 Å². The number of amides is 1. The molecule has 1 saturated carbocycles. The number of nitrogens with zero attached hydrogens (tertiary/aromatic N) is 3. The third kappa shape index (κ3) is 4.56. The van der Waals surface area contributed by atoms with Gasteiger partial charge in [-0.15, -0.1) is 0 Å². The van der Waals surface area contributed by atoms with E-state index in [-0.39, 0.29) is 23.5 Å². The van der Waals surface area contributed by atoms with Crippen LogP contribution in [0.3, 0.4) is 0 Å². The molecule has 0 spiro atoms. The average molecular weight is 398 g/mol. The fourth-order valence-corrected chi connectivity index (χ4v) is 3.94. The lowest BCUT2D eigenvalue weighted by Crippen LogP contribution is -2.44. The molecule has 2 N–H and O–H groups in total. The normalized spacial score (nSPS) is 18.9. The van der Waals surface area contributed by atoms with Crippen LogP contribution in [0.2, 0.25) is 0 Å².